The molecule has 0 fully saturated rings. The van der Waals surface area contributed by atoms with Crippen molar-refractivity contribution in [1.29, 1.82) is 0 Å². The summed E-state index contributed by atoms with van der Waals surface area (Å²) in [5.41, 5.74) is 2.53. The second-order valence-corrected chi connectivity index (χ2v) is 5.50. The number of rotatable bonds is 3. The Morgan fingerprint density at radius 3 is 2.79 bits per heavy atom. The topological polar surface area (TPSA) is 53.4 Å². The maximum absolute atomic E-state index is 11.8. The van der Waals surface area contributed by atoms with E-state index in [1.54, 1.807) is 36.4 Å². The van der Waals surface area contributed by atoms with Gasteiger partial charge >= 0.3 is 12.0 Å². The summed E-state index contributed by atoms with van der Waals surface area (Å²) in [6, 6.07) is 13.0. The van der Waals surface area contributed by atoms with Crippen LogP contribution in [-0.2, 0) is 4.74 Å². The zero-order valence-electron chi connectivity index (χ0n) is 13.0. The van der Waals surface area contributed by atoms with Gasteiger partial charge in [0, 0.05) is 11.1 Å². The summed E-state index contributed by atoms with van der Waals surface area (Å²) in [6.45, 7) is 1.81. The molecule has 0 saturated carbocycles. The third kappa shape index (κ3) is 2.80. The lowest BCUT2D eigenvalue weighted by molar-refractivity contribution is 0.0599. The van der Waals surface area contributed by atoms with E-state index in [1.807, 2.05) is 6.92 Å². The molecule has 0 atom stereocenters. The number of carbonyl (C=O) groups is 1. The number of methoxy groups -OCH3 is 1. The standard InChI is InChI=1S/C18H13ClN2O3/c1-4-21-16-9-12(19)6-8-15(16)20-18(21)24-13-7-5-11(2)14(10-13)17(22)23-3/h1,5-10H,2-3H3. The maximum Gasteiger partial charge on any atom is 0.338 e. The highest BCUT2D eigenvalue weighted by atomic mass is 35.5. The fraction of sp³-hybridized carbons (Fsp3) is 0.111. The smallest absolute Gasteiger partial charge is 0.338 e. The minimum atomic E-state index is -0.435. The van der Waals surface area contributed by atoms with Crippen molar-refractivity contribution in [3.05, 3.63) is 52.5 Å². The van der Waals surface area contributed by atoms with Gasteiger partial charge in [0.2, 0.25) is 0 Å². The van der Waals surface area contributed by atoms with E-state index in [1.165, 1.54) is 11.7 Å². The Morgan fingerprint density at radius 2 is 2.08 bits per heavy atom. The van der Waals surface area contributed by atoms with Crippen LogP contribution < -0.4 is 4.74 Å². The Balaban J connectivity index is 2.04. The van der Waals surface area contributed by atoms with E-state index in [4.69, 9.17) is 27.5 Å². The van der Waals surface area contributed by atoms with E-state index < -0.39 is 5.97 Å². The van der Waals surface area contributed by atoms with Gasteiger partial charge in [0.15, 0.2) is 0 Å². The molecule has 1 heterocycles. The molecule has 6 heteroatoms. The number of carbonyl (C=O) groups excluding carboxylic acids is 1. The van der Waals surface area contributed by atoms with Gasteiger partial charge in [-0.1, -0.05) is 24.1 Å². The number of aryl methyl sites for hydroxylation is 1. The molecular weight excluding hydrogens is 328 g/mol. The molecule has 0 spiro atoms. The molecule has 3 rings (SSSR count). The molecule has 0 aliphatic carbocycles. The fourth-order valence-electron chi connectivity index (χ4n) is 2.32. The first-order valence-corrected chi connectivity index (χ1v) is 7.42. The van der Waals surface area contributed by atoms with Crippen LogP contribution in [-0.4, -0.2) is 22.6 Å². The zero-order chi connectivity index (χ0) is 17.3. The first-order chi connectivity index (χ1) is 11.5. The van der Waals surface area contributed by atoms with E-state index in [9.17, 15) is 4.79 Å². The molecule has 0 aliphatic heterocycles. The SMILES string of the molecule is C#Cn1c(Oc2ccc(C)c(C(=O)OC)c2)nc2ccc(Cl)cc21. The van der Waals surface area contributed by atoms with Crippen LogP contribution in [0.4, 0.5) is 0 Å². The van der Waals surface area contributed by atoms with Gasteiger partial charge in [-0.3, -0.25) is 0 Å². The first kappa shape index (κ1) is 15.9. The van der Waals surface area contributed by atoms with Crippen LogP contribution in [0.15, 0.2) is 36.4 Å². The molecule has 3 aromatic rings. The van der Waals surface area contributed by atoms with Crippen molar-refractivity contribution in [2.45, 2.75) is 6.92 Å². The minimum Gasteiger partial charge on any atom is -0.465 e. The average molecular weight is 341 g/mol. The second kappa shape index (κ2) is 6.26. The van der Waals surface area contributed by atoms with Crippen molar-refractivity contribution in [1.82, 2.24) is 9.55 Å². The number of nitrogens with zero attached hydrogens (tertiary/aromatic N) is 2. The third-order valence-electron chi connectivity index (χ3n) is 3.54. The monoisotopic (exact) mass is 340 g/mol. The van der Waals surface area contributed by atoms with Gasteiger partial charge in [-0.05, 0) is 42.8 Å². The quantitative estimate of drug-likeness (QED) is 0.534. The van der Waals surface area contributed by atoms with Crippen molar-refractivity contribution >= 4 is 28.6 Å². The third-order valence-corrected chi connectivity index (χ3v) is 3.77. The summed E-state index contributed by atoms with van der Waals surface area (Å²) in [6.07, 6.45) is 5.56. The van der Waals surface area contributed by atoms with Gasteiger partial charge in [-0.25, -0.2) is 9.36 Å². The van der Waals surface area contributed by atoms with Crippen LogP contribution in [0.2, 0.25) is 5.02 Å². The lowest BCUT2D eigenvalue weighted by Gasteiger charge is -2.08. The van der Waals surface area contributed by atoms with Crippen LogP contribution in [0, 0.1) is 19.4 Å². The number of fused-ring (bicyclic) bond motifs is 1. The number of hydrogen-bond donors (Lipinski definition) is 0. The minimum absolute atomic E-state index is 0.217. The Bertz CT molecular complexity index is 986. The van der Waals surface area contributed by atoms with Gasteiger partial charge in [-0.15, -0.1) is 0 Å². The summed E-state index contributed by atoms with van der Waals surface area (Å²) in [5, 5.41) is 0.550. The van der Waals surface area contributed by atoms with Crippen molar-refractivity contribution < 1.29 is 14.3 Å². The number of hydrogen-bond acceptors (Lipinski definition) is 4. The van der Waals surface area contributed by atoms with Crippen molar-refractivity contribution in [3.8, 4) is 24.2 Å². The van der Waals surface area contributed by atoms with Gasteiger partial charge in [0.05, 0.1) is 23.7 Å². The summed E-state index contributed by atoms with van der Waals surface area (Å²) >= 11 is 6.00. The molecule has 0 unspecified atom stereocenters. The summed E-state index contributed by atoms with van der Waals surface area (Å²) in [7, 11) is 1.33. The van der Waals surface area contributed by atoms with Crippen LogP contribution >= 0.6 is 11.6 Å². The average Bonchev–Trinajstić information content (AvgIpc) is 2.92. The fourth-order valence-corrected chi connectivity index (χ4v) is 2.49. The van der Waals surface area contributed by atoms with Crippen LogP contribution in [0.5, 0.6) is 11.8 Å². The summed E-state index contributed by atoms with van der Waals surface area (Å²) in [4.78, 5) is 16.2. The number of esters is 1. The molecule has 0 bridgehead atoms. The number of terminal acetylenes is 1. The largest absolute Gasteiger partial charge is 0.465 e. The highest BCUT2D eigenvalue weighted by molar-refractivity contribution is 6.31. The van der Waals surface area contributed by atoms with Crippen molar-refractivity contribution in [3.63, 3.8) is 0 Å². The molecule has 0 amide bonds. The highest BCUT2D eigenvalue weighted by Gasteiger charge is 2.15. The Morgan fingerprint density at radius 1 is 1.29 bits per heavy atom. The summed E-state index contributed by atoms with van der Waals surface area (Å²) < 4.78 is 12.0. The lowest BCUT2D eigenvalue weighted by atomic mass is 10.1. The molecule has 0 aliphatic rings. The molecule has 0 radical (unpaired) electrons. The number of halogens is 1. The van der Waals surface area contributed by atoms with E-state index in [-0.39, 0.29) is 6.01 Å². The lowest BCUT2D eigenvalue weighted by Crippen LogP contribution is -2.04. The Kier molecular flexibility index (Phi) is 4.15. The van der Waals surface area contributed by atoms with E-state index in [0.29, 0.717) is 27.4 Å². The van der Waals surface area contributed by atoms with E-state index >= 15 is 0 Å². The van der Waals surface area contributed by atoms with Gasteiger partial charge in [-0.2, -0.15) is 4.98 Å². The molecule has 120 valence electrons. The molecule has 1 aromatic heterocycles. The van der Waals surface area contributed by atoms with Gasteiger partial charge in [0.25, 0.3) is 0 Å². The molecule has 0 saturated heterocycles. The molecule has 0 N–H and O–H groups in total. The number of imidazole rings is 1. The highest BCUT2D eigenvalue weighted by Crippen LogP contribution is 2.28. The van der Waals surface area contributed by atoms with Crippen LogP contribution in [0.1, 0.15) is 15.9 Å². The number of aromatic nitrogens is 2. The Hall–Kier alpha value is -2.97. The first-order valence-electron chi connectivity index (χ1n) is 7.05. The van der Waals surface area contributed by atoms with Crippen molar-refractivity contribution in [2.75, 3.05) is 7.11 Å². The predicted molar refractivity (Wildman–Crippen MR) is 91.6 cm³/mol. The number of ether oxygens (including phenoxy) is 2. The maximum atomic E-state index is 11.8. The molecule has 2 aromatic carbocycles. The predicted octanol–water partition coefficient (Wildman–Crippen LogP) is 4.02. The Labute approximate surface area is 143 Å². The van der Waals surface area contributed by atoms with Crippen LogP contribution in [0.25, 0.3) is 11.0 Å². The second-order valence-electron chi connectivity index (χ2n) is 5.06. The summed E-state index contributed by atoms with van der Waals surface area (Å²) in [5.74, 6) is -0.00547. The van der Waals surface area contributed by atoms with Gasteiger partial charge in [0.1, 0.15) is 5.75 Å². The van der Waals surface area contributed by atoms with Crippen LogP contribution in [0.3, 0.4) is 0 Å². The molecular formula is C18H13ClN2O3. The molecule has 24 heavy (non-hydrogen) atoms. The number of benzene rings is 2. The normalized spacial score (nSPS) is 10.4. The molecule has 5 nitrogen and oxygen atoms in total. The van der Waals surface area contributed by atoms with Gasteiger partial charge < -0.3 is 9.47 Å². The van der Waals surface area contributed by atoms with Crippen molar-refractivity contribution in [2.24, 2.45) is 0 Å². The zero-order valence-corrected chi connectivity index (χ0v) is 13.8. The van der Waals surface area contributed by atoms with E-state index in [0.717, 1.165) is 5.56 Å². The van der Waals surface area contributed by atoms with E-state index in [2.05, 4.69) is 11.0 Å².